The molecule has 3 aromatic carbocycles. The molecule has 2 unspecified atom stereocenters. The van der Waals surface area contributed by atoms with Crippen molar-refractivity contribution in [1.82, 2.24) is 4.90 Å². The number of benzene rings is 3. The minimum Gasteiger partial charge on any atom is -0.448 e. The molecule has 6 heteroatoms. The number of hydrogen-bond donors (Lipinski definition) is 0. The molecule has 6 rings (SSSR count). The fraction of sp³-hybridized carbons (Fsp3) is 0.300. The van der Waals surface area contributed by atoms with Crippen molar-refractivity contribution in [3.05, 3.63) is 95.6 Å². The number of carbonyl (C=O) groups is 1. The summed E-state index contributed by atoms with van der Waals surface area (Å²) in [6.07, 6.45) is 6.84. The van der Waals surface area contributed by atoms with Crippen LogP contribution in [0, 0.1) is 0 Å². The van der Waals surface area contributed by atoms with Crippen molar-refractivity contribution in [1.29, 1.82) is 0 Å². The third-order valence-electron chi connectivity index (χ3n) is 7.84. The van der Waals surface area contributed by atoms with Gasteiger partial charge in [0.2, 0.25) is 0 Å². The van der Waals surface area contributed by atoms with Crippen molar-refractivity contribution in [3.63, 3.8) is 0 Å². The zero-order chi connectivity index (χ0) is 24.9. The van der Waals surface area contributed by atoms with E-state index in [-0.39, 0.29) is 24.1 Å². The number of rotatable bonds is 4. The highest BCUT2D eigenvalue weighted by atomic mass is 32.2. The Morgan fingerprint density at radius 3 is 2.17 bits per heavy atom. The van der Waals surface area contributed by atoms with E-state index in [4.69, 9.17) is 4.74 Å². The van der Waals surface area contributed by atoms with Gasteiger partial charge in [0, 0.05) is 18.2 Å². The second-order valence-electron chi connectivity index (χ2n) is 10.1. The van der Waals surface area contributed by atoms with Gasteiger partial charge in [0.25, 0.3) is 0 Å². The van der Waals surface area contributed by atoms with E-state index in [1.807, 2.05) is 29.2 Å². The summed E-state index contributed by atoms with van der Waals surface area (Å²) in [5.74, 6) is 0.0467. The predicted molar refractivity (Wildman–Crippen MR) is 140 cm³/mol. The van der Waals surface area contributed by atoms with Crippen molar-refractivity contribution in [2.75, 3.05) is 12.9 Å². The molecule has 2 heterocycles. The van der Waals surface area contributed by atoms with E-state index in [2.05, 4.69) is 42.5 Å². The molecule has 5 nitrogen and oxygen atoms in total. The maximum absolute atomic E-state index is 13.4. The SMILES string of the molecule is CS(=O)(=O)c1ccc(C2=CC3CCCC(C2)N3C(=O)OCC2c3ccccc3-c3ccccc32)cc1. The normalized spacial score (nSPS) is 20.9. The van der Waals surface area contributed by atoms with Crippen molar-refractivity contribution in [2.45, 2.75) is 48.6 Å². The highest BCUT2D eigenvalue weighted by molar-refractivity contribution is 7.90. The lowest BCUT2D eigenvalue weighted by molar-refractivity contribution is 0.0539. The maximum atomic E-state index is 13.4. The van der Waals surface area contributed by atoms with E-state index in [9.17, 15) is 13.2 Å². The lowest BCUT2D eigenvalue weighted by Crippen LogP contribution is -2.51. The van der Waals surface area contributed by atoms with Crippen molar-refractivity contribution < 1.29 is 17.9 Å². The Labute approximate surface area is 212 Å². The zero-order valence-corrected chi connectivity index (χ0v) is 21.1. The molecule has 1 saturated heterocycles. The summed E-state index contributed by atoms with van der Waals surface area (Å²) in [5, 5.41) is 0. The Balaban J connectivity index is 1.20. The smallest absolute Gasteiger partial charge is 0.410 e. The third kappa shape index (κ3) is 4.03. The first-order valence-corrected chi connectivity index (χ1v) is 14.4. The van der Waals surface area contributed by atoms with Crippen LogP contribution < -0.4 is 0 Å². The summed E-state index contributed by atoms with van der Waals surface area (Å²) in [6.45, 7) is 0.326. The molecule has 0 N–H and O–H groups in total. The topological polar surface area (TPSA) is 63.7 Å². The molecule has 2 atom stereocenters. The average Bonchev–Trinajstić information content (AvgIpc) is 3.20. The molecule has 1 fully saturated rings. The largest absolute Gasteiger partial charge is 0.448 e. The number of fused-ring (bicyclic) bond motifs is 5. The number of hydrogen-bond acceptors (Lipinski definition) is 4. The molecule has 184 valence electrons. The van der Waals surface area contributed by atoms with E-state index >= 15 is 0 Å². The lowest BCUT2D eigenvalue weighted by Gasteiger charge is -2.44. The first-order chi connectivity index (χ1) is 17.4. The maximum Gasteiger partial charge on any atom is 0.410 e. The molecular weight excluding hydrogens is 470 g/mol. The molecule has 0 spiro atoms. The number of carbonyl (C=O) groups excluding carboxylic acids is 1. The fourth-order valence-corrected chi connectivity index (χ4v) is 6.74. The summed E-state index contributed by atoms with van der Waals surface area (Å²) in [4.78, 5) is 15.7. The van der Waals surface area contributed by atoms with Crippen molar-refractivity contribution >= 4 is 21.5 Å². The summed E-state index contributed by atoms with van der Waals surface area (Å²) >= 11 is 0. The van der Waals surface area contributed by atoms with Gasteiger partial charge in [-0.2, -0.15) is 0 Å². The molecule has 0 aromatic heterocycles. The van der Waals surface area contributed by atoms with E-state index in [0.29, 0.717) is 11.5 Å². The molecular formula is C30H29NO4S. The molecule has 1 amide bonds. The van der Waals surface area contributed by atoms with Gasteiger partial charge < -0.3 is 4.74 Å². The standard InChI is InChI=1S/C30H29NO4S/c1-36(33,34)24-15-13-20(14-16-24)21-17-22-7-6-8-23(18-21)31(22)30(32)35-19-29-27-11-4-2-9-25(27)26-10-3-5-12-28(26)29/h2-5,9-17,22-23,29H,6-8,18-19H2,1H3. The zero-order valence-electron chi connectivity index (χ0n) is 20.3. The Morgan fingerprint density at radius 1 is 0.917 bits per heavy atom. The molecule has 36 heavy (non-hydrogen) atoms. The van der Waals surface area contributed by atoms with Gasteiger partial charge in [-0.05, 0) is 71.2 Å². The Hall–Kier alpha value is -3.38. The molecule has 3 aliphatic rings. The van der Waals surface area contributed by atoms with Gasteiger partial charge in [0.1, 0.15) is 6.61 Å². The predicted octanol–water partition coefficient (Wildman–Crippen LogP) is 6.05. The van der Waals surface area contributed by atoms with Crippen LogP contribution in [0.3, 0.4) is 0 Å². The van der Waals surface area contributed by atoms with Crippen LogP contribution in [0.1, 0.15) is 48.3 Å². The quantitative estimate of drug-likeness (QED) is 0.438. The highest BCUT2D eigenvalue weighted by Crippen LogP contribution is 2.45. The van der Waals surface area contributed by atoms with Crippen LogP contribution in [0.2, 0.25) is 0 Å². The lowest BCUT2D eigenvalue weighted by atomic mass is 9.83. The average molecular weight is 500 g/mol. The fourth-order valence-electron chi connectivity index (χ4n) is 6.11. The summed E-state index contributed by atoms with van der Waals surface area (Å²) in [5.41, 5.74) is 7.06. The molecule has 0 radical (unpaired) electrons. The molecule has 2 aliphatic heterocycles. The van der Waals surface area contributed by atoms with Crippen LogP contribution in [-0.2, 0) is 14.6 Å². The van der Waals surface area contributed by atoms with Crippen LogP contribution in [0.15, 0.2) is 83.8 Å². The van der Waals surface area contributed by atoms with Gasteiger partial charge >= 0.3 is 6.09 Å². The number of amides is 1. The van der Waals surface area contributed by atoms with Crippen LogP contribution in [-0.4, -0.2) is 44.4 Å². The molecule has 2 bridgehead atoms. The minimum absolute atomic E-state index is 0.00210. The number of ether oxygens (including phenoxy) is 1. The minimum atomic E-state index is -3.22. The molecule has 3 aromatic rings. The van der Waals surface area contributed by atoms with Crippen molar-refractivity contribution in [2.24, 2.45) is 0 Å². The number of sulfone groups is 1. The first-order valence-electron chi connectivity index (χ1n) is 12.5. The summed E-state index contributed by atoms with van der Waals surface area (Å²) in [7, 11) is -3.22. The van der Waals surface area contributed by atoms with Crippen molar-refractivity contribution in [3.8, 4) is 11.1 Å². The summed E-state index contributed by atoms with van der Waals surface area (Å²) < 4.78 is 29.6. The van der Waals surface area contributed by atoms with E-state index in [0.717, 1.165) is 31.2 Å². The monoisotopic (exact) mass is 499 g/mol. The van der Waals surface area contributed by atoms with Gasteiger partial charge in [-0.3, -0.25) is 4.90 Å². The molecule has 0 saturated carbocycles. The second-order valence-corrected chi connectivity index (χ2v) is 12.1. The van der Waals surface area contributed by atoms with Crippen LogP contribution in [0.5, 0.6) is 0 Å². The van der Waals surface area contributed by atoms with Gasteiger partial charge in [-0.25, -0.2) is 13.2 Å². The van der Waals surface area contributed by atoms with Crippen LogP contribution in [0.4, 0.5) is 4.79 Å². The highest BCUT2D eigenvalue weighted by Gasteiger charge is 2.39. The Kier molecular flexibility index (Phi) is 5.72. The van der Waals surface area contributed by atoms with E-state index in [1.165, 1.54) is 34.1 Å². The van der Waals surface area contributed by atoms with Gasteiger partial charge in [0.05, 0.1) is 10.9 Å². The van der Waals surface area contributed by atoms with Gasteiger partial charge in [-0.1, -0.05) is 66.7 Å². The van der Waals surface area contributed by atoms with Gasteiger partial charge in [-0.15, -0.1) is 0 Å². The van der Waals surface area contributed by atoms with Crippen LogP contribution in [0.25, 0.3) is 16.7 Å². The number of nitrogens with zero attached hydrogens (tertiary/aromatic N) is 1. The Bertz CT molecular complexity index is 1410. The second kappa shape index (κ2) is 8.93. The Morgan fingerprint density at radius 2 is 1.56 bits per heavy atom. The number of piperidine rings is 1. The van der Waals surface area contributed by atoms with Crippen LogP contribution >= 0.6 is 0 Å². The molecule has 1 aliphatic carbocycles. The van der Waals surface area contributed by atoms with E-state index < -0.39 is 9.84 Å². The third-order valence-corrected chi connectivity index (χ3v) is 8.97. The van der Waals surface area contributed by atoms with E-state index in [1.54, 1.807) is 12.1 Å². The summed E-state index contributed by atoms with van der Waals surface area (Å²) in [6, 6.07) is 23.9. The first kappa shape index (κ1) is 23.0. The van der Waals surface area contributed by atoms with Gasteiger partial charge in [0.15, 0.2) is 9.84 Å².